The number of carbonyl (C=O) groups excluding carboxylic acids is 2. The first-order valence-corrected chi connectivity index (χ1v) is 10.1. The molecule has 136 valence electrons. The fourth-order valence-electron chi connectivity index (χ4n) is 7.62. The molecule has 0 aromatic carbocycles. The van der Waals surface area contributed by atoms with Crippen molar-refractivity contribution in [2.24, 2.45) is 39.9 Å². The molecule has 0 unspecified atom stereocenters. The number of carbonyl (C=O) groups is 2. The van der Waals surface area contributed by atoms with Crippen molar-refractivity contribution in [3.8, 4) is 0 Å². The van der Waals surface area contributed by atoms with E-state index in [1.165, 1.54) is 18.4 Å². The third kappa shape index (κ3) is 2.22. The van der Waals surface area contributed by atoms with Crippen molar-refractivity contribution in [2.75, 3.05) is 0 Å². The van der Waals surface area contributed by atoms with Crippen LogP contribution in [0.1, 0.15) is 66.7 Å². The lowest BCUT2D eigenvalue weighted by Gasteiger charge is -2.61. The lowest BCUT2D eigenvalue weighted by molar-refractivity contribution is -0.128. The Morgan fingerprint density at radius 2 is 1.80 bits per heavy atom. The minimum absolute atomic E-state index is 0.00989. The Hall–Kier alpha value is -1.18. The first-order chi connectivity index (χ1) is 11.6. The Bertz CT molecular complexity index is 697. The minimum atomic E-state index is 0.00989. The van der Waals surface area contributed by atoms with Gasteiger partial charge in [0.2, 0.25) is 0 Å². The molecule has 3 fully saturated rings. The summed E-state index contributed by atoms with van der Waals surface area (Å²) in [6.07, 6.45) is 11.7. The number of hydrogen-bond donors (Lipinski definition) is 0. The lowest BCUT2D eigenvalue weighted by Crippen LogP contribution is -2.54. The van der Waals surface area contributed by atoms with Gasteiger partial charge in [0.25, 0.3) is 0 Å². The van der Waals surface area contributed by atoms with Gasteiger partial charge in [-0.25, -0.2) is 0 Å². The molecule has 2 nitrogen and oxygen atoms in total. The predicted octanol–water partition coefficient (Wildman–Crippen LogP) is 5.14. The van der Waals surface area contributed by atoms with E-state index < -0.39 is 0 Å². The van der Waals surface area contributed by atoms with Gasteiger partial charge in [-0.05, 0) is 79.8 Å². The van der Waals surface area contributed by atoms with Gasteiger partial charge in [-0.1, -0.05) is 39.3 Å². The zero-order valence-electron chi connectivity index (χ0n) is 16.4. The van der Waals surface area contributed by atoms with E-state index >= 15 is 0 Å². The second kappa shape index (κ2) is 5.18. The van der Waals surface area contributed by atoms with Crippen LogP contribution in [0, 0.1) is 39.9 Å². The van der Waals surface area contributed by atoms with Crippen LogP contribution in [0.2, 0.25) is 0 Å². The maximum absolute atomic E-state index is 12.3. The number of ketones is 2. The Kier molecular flexibility index (Phi) is 3.57. The van der Waals surface area contributed by atoms with Crippen molar-refractivity contribution in [3.63, 3.8) is 0 Å². The maximum atomic E-state index is 12.3. The van der Waals surface area contributed by atoms with Gasteiger partial charge < -0.3 is 0 Å². The molecule has 4 aliphatic carbocycles. The van der Waals surface area contributed by atoms with Gasteiger partial charge in [0.1, 0.15) is 5.78 Å². The molecule has 0 bridgehead atoms. The average molecular weight is 341 g/mol. The van der Waals surface area contributed by atoms with Crippen molar-refractivity contribution in [3.05, 3.63) is 23.8 Å². The molecule has 6 atom stereocenters. The van der Waals surface area contributed by atoms with Crippen molar-refractivity contribution in [1.82, 2.24) is 0 Å². The monoisotopic (exact) mass is 340 g/mol. The molecule has 0 heterocycles. The molecule has 2 heteroatoms. The molecule has 0 aromatic heterocycles. The van der Waals surface area contributed by atoms with E-state index in [0.29, 0.717) is 23.5 Å². The van der Waals surface area contributed by atoms with Gasteiger partial charge in [-0.2, -0.15) is 0 Å². The molecule has 4 aliphatic rings. The maximum Gasteiger partial charge on any atom is 0.178 e. The van der Waals surface area contributed by atoms with Gasteiger partial charge in [-0.3, -0.25) is 9.59 Å². The molecular formula is C23H32O2. The average Bonchev–Trinajstić information content (AvgIpc) is 2.86. The number of rotatable bonds is 1. The fraction of sp³-hybridized carbons (Fsp3) is 0.739. The number of Topliss-reactive ketones (excluding diaryl/α,β-unsaturated/α-hetero) is 1. The standard InChI is InChI=1S/C23H32O2/c1-14(24)17-6-7-18-16-13-21(2,3)20-12-15(25)8-10-23(20,5)19(16)9-11-22(17,18)4/h8,10,12,16-19H,6-7,9,11,13H2,1-5H3/t16-,17+,18-,19-,22+,23+/m0/s1. The van der Waals surface area contributed by atoms with E-state index in [4.69, 9.17) is 0 Å². The van der Waals surface area contributed by atoms with E-state index in [1.54, 1.807) is 13.0 Å². The molecular weight excluding hydrogens is 308 g/mol. The highest BCUT2D eigenvalue weighted by molar-refractivity contribution is 6.01. The zero-order chi connectivity index (χ0) is 18.2. The highest BCUT2D eigenvalue weighted by atomic mass is 16.1. The van der Waals surface area contributed by atoms with Crippen LogP contribution >= 0.6 is 0 Å². The highest BCUT2D eigenvalue weighted by Crippen LogP contribution is 2.68. The summed E-state index contributed by atoms with van der Waals surface area (Å²) in [5.41, 5.74) is 1.60. The van der Waals surface area contributed by atoms with E-state index in [1.807, 2.05) is 6.08 Å². The molecule has 0 aromatic rings. The van der Waals surface area contributed by atoms with Gasteiger partial charge in [0.15, 0.2) is 5.78 Å². The summed E-state index contributed by atoms with van der Waals surface area (Å²) >= 11 is 0. The Labute approximate surface area is 152 Å². The highest BCUT2D eigenvalue weighted by Gasteiger charge is 2.61. The topological polar surface area (TPSA) is 34.1 Å². The summed E-state index contributed by atoms with van der Waals surface area (Å²) < 4.78 is 0. The first-order valence-electron chi connectivity index (χ1n) is 10.1. The van der Waals surface area contributed by atoms with E-state index in [0.717, 1.165) is 19.3 Å². The van der Waals surface area contributed by atoms with Crippen LogP contribution in [0.5, 0.6) is 0 Å². The van der Waals surface area contributed by atoms with Crippen molar-refractivity contribution in [1.29, 1.82) is 0 Å². The van der Waals surface area contributed by atoms with Gasteiger partial charge in [0, 0.05) is 11.3 Å². The van der Waals surface area contributed by atoms with Gasteiger partial charge in [-0.15, -0.1) is 0 Å². The molecule has 3 saturated carbocycles. The van der Waals surface area contributed by atoms with E-state index in [-0.39, 0.29) is 27.9 Å². The molecule has 0 saturated heterocycles. The van der Waals surface area contributed by atoms with Crippen LogP contribution in [0.4, 0.5) is 0 Å². The van der Waals surface area contributed by atoms with Crippen molar-refractivity contribution in [2.45, 2.75) is 66.7 Å². The second-order valence-electron chi connectivity index (χ2n) is 10.3. The van der Waals surface area contributed by atoms with Crippen LogP contribution in [0.25, 0.3) is 0 Å². The molecule has 0 amide bonds. The lowest BCUT2D eigenvalue weighted by atomic mass is 9.43. The van der Waals surface area contributed by atoms with Crippen LogP contribution in [-0.4, -0.2) is 11.6 Å². The second-order valence-corrected chi connectivity index (χ2v) is 10.3. The Balaban J connectivity index is 1.76. The quantitative estimate of drug-likeness (QED) is 0.662. The van der Waals surface area contributed by atoms with Crippen LogP contribution in [0.15, 0.2) is 23.8 Å². The predicted molar refractivity (Wildman–Crippen MR) is 100.0 cm³/mol. The van der Waals surface area contributed by atoms with Crippen LogP contribution in [0.3, 0.4) is 0 Å². The first kappa shape index (κ1) is 17.2. The smallest absolute Gasteiger partial charge is 0.178 e. The minimum Gasteiger partial charge on any atom is -0.300 e. The van der Waals surface area contributed by atoms with E-state index in [2.05, 4.69) is 33.8 Å². The summed E-state index contributed by atoms with van der Waals surface area (Å²) in [5.74, 6) is 2.74. The summed E-state index contributed by atoms with van der Waals surface area (Å²) in [4.78, 5) is 24.3. The summed E-state index contributed by atoms with van der Waals surface area (Å²) in [5, 5.41) is 0. The fourth-order valence-corrected chi connectivity index (χ4v) is 7.62. The SMILES string of the molecule is CC(=O)[C@H]1CC[C@H]2[C@@H]3CC(C)(C)C4=CC(=O)C=C[C@]4(C)[C@H]3CC[C@]12C. The zero-order valence-corrected chi connectivity index (χ0v) is 16.4. The van der Waals surface area contributed by atoms with Crippen LogP contribution in [-0.2, 0) is 9.59 Å². The number of hydrogen-bond acceptors (Lipinski definition) is 2. The largest absolute Gasteiger partial charge is 0.300 e. The summed E-state index contributed by atoms with van der Waals surface area (Å²) in [7, 11) is 0. The van der Waals surface area contributed by atoms with Gasteiger partial charge >= 0.3 is 0 Å². The Morgan fingerprint density at radius 3 is 2.48 bits per heavy atom. The van der Waals surface area contributed by atoms with Crippen molar-refractivity contribution >= 4 is 11.6 Å². The third-order valence-electron chi connectivity index (χ3n) is 8.63. The molecule has 0 aliphatic heterocycles. The normalized spacial score (nSPS) is 47.6. The summed E-state index contributed by atoms with van der Waals surface area (Å²) in [6.45, 7) is 11.2. The molecule has 0 spiro atoms. The molecule has 0 N–H and O–H groups in total. The van der Waals surface area contributed by atoms with Crippen molar-refractivity contribution < 1.29 is 9.59 Å². The van der Waals surface area contributed by atoms with Gasteiger partial charge in [0.05, 0.1) is 0 Å². The molecule has 25 heavy (non-hydrogen) atoms. The number of allylic oxidation sites excluding steroid dienone is 4. The molecule has 0 radical (unpaired) electrons. The summed E-state index contributed by atoms with van der Waals surface area (Å²) in [6, 6.07) is 0. The third-order valence-corrected chi connectivity index (χ3v) is 8.63. The number of fused-ring (bicyclic) bond motifs is 5. The van der Waals surface area contributed by atoms with E-state index in [9.17, 15) is 9.59 Å². The Morgan fingerprint density at radius 1 is 1.08 bits per heavy atom. The van der Waals surface area contributed by atoms with Crippen LogP contribution < -0.4 is 0 Å². The molecule has 4 rings (SSSR count).